The van der Waals surface area contributed by atoms with Gasteiger partial charge in [-0.3, -0.25) is 23.8 Å². The summed E-state index contributed by atoms with van der Waals surface area (Å²) in [5, 5.41) is 4.94. The number of para-hydroxylation sites is 1. The predicted molar refractivity (Wildman–Crippen MR) is 130 cm³/mol. The quantitative estimate of drug-likeness (QED) is 0.479. The highest BCUT2D eigenvalue weighted by atomic mass is 32.1. The van der Waals surface area contributed by atoms with E-state index in [0.717, 1.165) is 48.1 Å². The first-order valence-electron chi connectivity index (χ1n) is 11.0. The standard InChI is InChI=1S/C25H25N5O2S/c31-22-17-21(27-25-30(22)15-16-33-25)18-28-11-13-29(14-12-28)23(19-7-3-1-4-8-19)24(32)26-20-9-5-2-6-10-20/h1-10,15-17,23H,11-14,18H2,(H,26,32). The van der Waals surface area contributed by atoms with Crippen molar-refractivity contribution >= 4 is 27.9 Å². The fourth-order valence-corrected chi connectivity index (χ4v) is 5.01. The van der Waals surface area contributed by atoms with Crippen molar-refractivity contribution in [2.75, 3.05) is 31.5 Å². The number of hydrogen-bond acceptors (Lipinski definition) is 6. The van der Waals surface area contributed by atoms with Gasteiger partial charge in [-0.15, -0.1) is 11.3 Å². The summed E-state index contributed by atoms with van der Waals surface area (Å²) >= 11 is 1.46. The molecule has 0 aliphatic carbocycles. The average Bonchev–Trinajstić information content (AvgIpc) is 3.31. The molecule has 2 aromatic carbocycles. The fourth-order valence-electron chi connectivity index (χ4n) is 4.27. The van der Waals surface area contributed by atoms with E-state index in [1.807, 2.05) is 66.0 Å². The lowest BCUT2D eigenvalue weighted by atomic mass is 10.0. The molecule has 4 aromatic rings. The number of thiazole rings is 1. The Morgan fingerprint density at radius 3 is 2.42 bits per heavy atom. The first kappa shape index (κ1) is 21.5. The van der Waals surface area contributed by atoms with Crippen molar-refractivity contribution < 1.29 is 4.79 Å². The van der Waals surface area contributed by atoms with E-state index < -0.39 is 0 Å². The third kappa shape index (κ3) is 4.88. The van der Waals surface area contributed by atoms with Crippen LogP contribution in [0.5, 0.6) is 0 Å². The van der Waals surface area contributed by atoms with Crippen LogP contribution in [0.25, 0.3) is 4.96 Å². The average molecular weight is 460 g/mol. The van der Waals surface area contributed by atoms with Gasteiger partial charge in [0.05, 0.1) is 5.69 Å². The molecule has 1 aliphatic rings. The number of nitrogens with one attached hydrogen (secondary N) is 1. The second-order valence-electron chi connectivity index (χ2n) is 8.12. The molecule has 168 valence electrons. The first-order valence-corrected chi connectivity index (χ1v) is 11.9. The molecule has 5 rings (SSSR count). The Morgan fingerprint density at radius 1 is 1.00 bits per heavy atom. The molecule has 1 amide bonds. The van der Waals surface area contributed by atoms with Crippen LogP contribution in [-0.2, 0) is 11.3 Å². The highest BCUT2D eigenvalue weighted by Gasteiger charge is 2.30. The third-order valence-electron chi connectivity index (χ3n) is 5.92. The van der Waals surface area contributed by atoms with Gasteiger partial charge in [0, 0.05) is 56.1 Å². The SMILES string of the molecule is O=C(Nc1ccccc1)C(c1ccccc1)N1CCN(Cc2cc(=O)n3ccsc3n2)CC1. The van der Waals surface area contributed by atoms with Crippen LogP contribution in [0.15, 0.2) is 83.1 Å². The van der Waals surface area contributed by atoms with Gasteiger partial charge >= 0.3 is 0 Å². The zero-order chi connectivity index (χ0) is 22.6. The Hall–Kier alpha value is -3.33. The summed E-state index contributed by atoms with van der Waals surface area (Å²) in [6, 6.07) is 20.7. The molecule has 1 aliphatic heterocycles. The Morgan fingerprint density at radius 2 is 1.70 bits per heavy atom. The summed E-state index contributed by atoms with van der Waals surface area (Å²) in [6.07, 6.45) is 1.75. The predicted octanol–water partition coefficient (Wildman–Crippen LogP) is 3.25. The van der Waals surface area contributed by atoms with E-state index in [2.05, 4.69) is 20.1 Å². The lowest BCUT2D eigenvalue weighted by molar-refractivity contribution is -0.122. The van der Waals surface area contributed by atoms with E-state index in [1.54, 1.807) is 16.7 Å². The number of anilines is 1. The third-order valence-corrected chi connectivity index (χ3v) is 6.68. The number of hydrogen-bond donors (Lipinski definition) is 1. The van der Waals surface area contributed by atoms with E-state index in [0.29, 0.717) is 6.54 Å². The molecule has 1 saturated heterocycles. The van der Waals surface area contributed by atoms with Gasteiger partial charge in [0.15, 0.2) is 4.96 Å². The van der Waals surface area contributed by atoms with E-state index in [-0.39, 0.29) is 17.5 Å². The maximum absolute atomic E-state index is 13.3. The lowest BCUT2D eigenvalue weighted by Gasteiger charge is -2.38. The van der Waals surface area contributed by atoms with E-state index in [1.165, 1.54) is 11.3 Å². The highest BCUT2D eigenvalue weighted by molar-refractivity contribution is 7.15. The number of carbonyl (C=O) groups is 1. The molecular weight excluding hydrogens is 434 g/mol. The molecule has 0 saturated carbocycles. The molecule has 1 fully saturated rings. The number of fused-ring (bicyclic) bond motifs is 1. The van der Waals surface area contributed by atoms with E-state index in [9.17, 15) is 9.59 Å². The molecule has 0 spiro atoms. The maximum atomic E-state index is 13.3. The summed E-state index contributed by atoms with van der Waals surface area (Å²) in [4.78, 5) is 35.5. The number of amides is 1. The van der Waals surface area contributed by atoms with Gasteiger partial charge < -0.3 is 5.32 Å². The van der Waals surface area contributed by atoms with Gasteiger partial charge in [-0.1, -0.05) is 48.5 Å². The van der Waals surface area contributed by atoms with Crippen LogP contribution in [0.4, 0.5) is 5.69 Å². The van der Waals surface area contributed by atoms with Crippen molar-refractivity contribution in [3.05, 3.63) is 99.9 Å². The zero-order valence-corrected chi connectivity index (χ0v) is 18.9. The second kappa shape index (κ2) is 9.66. The summed E-state index contributed by atoms with van der Waals surface area (Å²) < 4.78 is 1.57. The van der Waals surface area contributed by atoms with E-state index >= 15 is 0 Å². The van der Waals surface area contributed by atoms with Gasteiger partial charge in [-0.25, -0.2) is 4.98 Å². The number of aromatic nitrogens is 2. The summed E-state index contributed by atoms with van der Waals surface area (Å²) in [5.41, 5.74) is 2.52. The highest BCUT2D eigenvalue weighted by Crippen LogP contribution is 2.24. The van der Waals surface area contributed by atoms with E-state index in [4.69, 9.17) is 0 Å². The molecule has 8 heteroatoms. The second-order valence-corrected chi connectivity index (χ2v) is 8.99. The Bertz CT molecular complexity index is 1280. The van der Waals surface area contributed by atoms with Crippen molar-refractivity contribution in [3.8, 4) is 0 Å². The first-order chi connectivity index (χ1) is 16.2. The maximum Gasteiger partial charge on any atom is 0.258 e. The van der Waals surface area contributed by atoms with Gasteiger partial charge in [-0.05, 0) is 17.7 Å². The van der Waals surface area contributed by atoms with Gasteiger partial charge in [0.2, 0.25) is 5.91 Å². The van der Waals surface area contributed by atoms with Crippen LogP contribution in [0.3, 0.4) is 0 Å². The topological polar surface area (TPSA) is 70.0 Å². The lowest BCUT2D eigenvalue weighted by Crippen LogP contribution is -2.49. The van der Waals surface area contributed by atoms with Crippen molar-refractivity contribution in [1.29, 1.82) is 0 Å². The molecular formula is C25H25N5O2S. The molecule has 1 N–H and O–H groups in total. The van der Waals surface area contributed by atoms with Crippen LogP contribution in [0.1, 0.15) is 17.3 Å². The molecule has 7 nitrogen and oxygen atoms in total. The van der Waals surface area contributed by atoms with Crippen LogP contribution in [0, 0.1) is 0 Å². The Kier molecular flexibility index (Phi) is 6.30. The van der Waals surface area contributed by atoms with Crippen molar-refractivity contribution in [3.63, 3.8) is 0 Å². The summed E-state index contributed by atoms with van der Waals surface area (Å²) in [7, 11) is 0. The molecule has 3 heterocycles. The molecule has 0 bridgehead atoms. The smallest absolute Gasteiger partial charge is 0.258 e. The number of nitrogens with zero attached hydrogens (tertiary/aromatic N) is 4. The summed E-state index contributed by atoms with van der Waals surface area (Å²) in [5.74, 6) is -0.0290. The minimum absolute atomic E-state index is 0.0290. The molecule has 0 radical (unpaired) electrons. The van der Waals surface area contributed by atoms with Gasteiger partial charge in [0.25, 0.3) is 5.56 Å². The van der Waals surface area contributed by atoms with Gasteiger partial charge in [0.1, 0.15) is 6.04 Å². The van der Waals surface area contributed by atoms with Crippen LogP contribution in [0.2, 0.25) is 0 Å². The minimum atomic E-state index is -0.362. The Labute approximate surface area is 195 Å². The van der Waals surface area contributed by atoms with Crippen molar-refractivity contribution in [1.82, 2.24) is 19.2 Å². The normalized spacial score (nSPS) is 16.0. The van der Waals surface area contributed by atoms with Crippen molar-refractivity contribution in [2.45, 2.75) is 12.6 Å². The molecule has 1 atom stereocenters. The summed E-state index contributed by atoms with van der Waals surface area (Å²) in [6.45, 7) is 3.73. The molecule has 33 heavy (non-hydrogen) atoms. The number of rotatable bonds is 6. The van der Waals surface area contributed by atoms with Crippen LogP contribution < -0.4 is 10.9 Å². The minimum Gasteiger partial charge on any atom is -0.324 e. The number of benzene rings is 2. The monoisotopic (exact) mass is 459 g/mol. The Balaban J connectivity index is 1.29. The van der Waals surface area contributed by atoms with Crippen LogP contribution >= 0.6 is 11.3 Å². The molecule has 2 aromatic heterocycles. The number of carbonyl (C=O) groups excluding carboxylic acids is 1. The largest absolute Gasteiger partial charge is 0.324 e. The fraction of sp³-hybridized carbons (Fsp3) is 0.240. The zero-order valence-electron chi connectivity index (χ0n) is 18.1. The molecule has 1 unspecified atom stereocenters. The van der Waals surface area contributed by atoms with Crippen molar-refractivity contribution in [2.24, 2.45) is 0 Å². The van der Waals surface area contributed by atoms with Gasteiger partial charge in [-0.2, -0.15) is 0 Å². The van der Waals surface area contributed by atoms with Crippen LogP contribution in [-0.4, -0.2) is 51.3 Å². The number of piperazine rings is 1.